The molecule has 1 heterocycles. The number of aromatic nitrogens is 1. The smallest absolute Gasteiger partial charge is 0.233 e. The highest BCUT2D eigenvalue weighted by molar-refractivity contribution is 8.02. The highest BCUT2D eigenvalue weighted by atomic mass is 32.2. The van der Waals surface area contributed by atoms with E-state index in [0.29, 0.717) is 5.13 Å². The number of nitrogens with zero attached hydrogens (tertiary/aromatic N) is 1. The number of nitrogens with one attached hydrogen (secondary N) is 1. The molecule has 4 nitrogen and oxygen atoms in total. The van der Waals surface area contributed by atoms with Gasteiger partial charge < -0.3 is 11.1 Å². The number of carbonyl (C=O) groups excluding carboxylic acids is 1. The molecule has 16 heavy (non-hydrogen) atoms. The van der Waals surface area contributed by atoms with Crippen molar-refractivity contribution in [2.45, 2.75) is 36.7 Å². The number of nitrogens with two attached hydrogens (primary N) is 1. The van der Waals surface area contributed by atoms with Crippen LogP contribution in [0.25, 0.3) is 0 Å². The first kappa shape index (κ1) is 13.3. The van der Waals surface area contributed by atoms with Gasteiger partial charge in [0.05, 0.1) is 15.2 Å². The first-order valence-electron chi connectivity index (χ1n) is 5.21. The summed E-state index contributed by atoms with van der Waals surface area (Å²) in [6, 6.07) is 0. The third kappa shape index (κ3) is 3.68. The molecule has 1 aromatic heterocycles. The van der Waals surface area contributed by atoms with Gasteiger partial charge in [0, 0.05) is 6.54 Å². The van der Waals surface area contributed by atoms with Crippen LogP contribution in [0.1, 0.15) is 26.0 Å². The number of thiazole rings is 1. The van der Waals surface area contributed by atoms with Crippen molar-refractivity contribution >= 4 is 34.1 Å². The minimum Gasteiger partial charge on any atom is -0.375 e. The molecule has 0 aliphatic heterocycles. The molecular weight excluding hydrogens is 242 g/mol. The van der Waals surface area contributed by atoms with E-state index in [1.807, 2.05) is 20.8 Å². The first-order chi connectivity index (χ1) is 7.54. The number of carbonyl (C=O) groups is 1. The maximum Gasteiger partial charge on any atom is 0.233 e. The Morgan fingerprint density at radius 2 is 2.38 bits per heavy atom. The van der Waals surface area contributed by atoms with Gasteiger partial charge >= 0.3 is 0 Å². The zero-order valence-corrected chi connectivity index (χ0v) is 11.4. The quantitative estimate of drug-likeness (QED) is 0.794. The summed E-state index contributed by atoms with van der Waals surface area (Å²) in [5.74, 6) is 0.0678. The standard InChI is InChI=1S/C10H17N3OS2/c1-4-5-12-8(14)7(3)15-9-6(2)13-10(11)16-9/h7H,4-5H2,1-3H3,(H2,11,13)(H,12,14). The molecule has 0 aliphatic rings. The largest absolute Gasteiger partial charge is 0.375 e. The lowest BCUT2D eigenvalue weighted by molar-refractivity contribution is -0.120. The molecule has 0 bridgehead atoms. The molecule has 0 aliphatic carbocycles. The summed E-state index contributed by atoms with van der Waals surface area (Å²) in [6.07, 6.45) is 0.954. The van der Waals surface area contributed by atoms with Gasteiger partial charge in [-0.2, -0.15) is 0 Å². The summed E-state index contributed by atoms with van der Waals surface area (Å²) >= 11 is 2.95. The maximum atomic E-state index is 11.6. The van der Waals surface area contributed by atoms with Crippen molar-refractivity contribution < 1.29 is 4.79 Å². The van der Waals surface area contributed by atoms with E-state index in [0.717, 1.165) is 22.9 Å². The topological polar surface area (TPSA) is 68.0 Å². The average molecular weight is 259 g/mol. The van der Waals surface area contributed by atoms with Crippen molar-refractivity contribution in [3.63, 3.8) is 0 Å². The molecule has 0 radical (unpaired) electrons. The average Bonchev–Trinajstić information content (AvgIpc) is 2.53. The molecule has 0 aromatic carbocycles. The SMILES string of the molecule is CCCNC(=O)C(C)Sc1sc(N)nc1C. The van der Waals surface area contributed by atoms with Gasteiger partial charge in [0.15, 0.2) is 5.13 Å². The Morgan fingerprint density at radius 3 is 2.88 bits per heavy atom. The second kappa shape index (κ2) is 6.10. The number of rotatable bonds is 5. The van der Waals surface area contributed by atoms with Crippen molar-refractivity contribution in [1.82, 2.24) is 10.3 Å². The fraction of sp³-hybridized carbons (Fsp3) is 0.600. The minimum atomic E-state index is -0.106. The van der Waals surface area contributed by atoms with Crippen LogP contribution in [-0.4, -0.2) is 22.7 Å². The number of hydrogen-bond donors (Lipinski definition) is 2. The predicted molar refractivity (Wildman–Crippen MR) is 69.9 cm³/mol. The van der Waals surface area contributed by atoms with Crippen LogP contribution >= 0.6 is 23.1 Å². The molecule has 0 saturated carbocycles. The zero-order chi connectivity index (χ0) is 12.1. The normalized spacial score (nSPS) is 12.4. The molecule has 1 unspecified atom stereocenters. The summed E-state index contributed by atoms with van der Waals surface area (Å²) in [7, 11) is 0. The number of anilines is 1. The summed E-state index contributed by atoms with van der Waals surface area (Å²) < 4.78 is 1.02. The van der Waals surface area contributed by atoms with Gasteiger partial charge in [-0.1, -0.05) is 18.3 Å². The molecule has 1 atom stereocenters. The lowest BCUT2D eigenvalue weighted by Crippen LogP contribution is -2.31. The van der Waals surface area contributed by atoms with Crippen molar-refractivity contribution in [3.05, 3.63) is 5.69 Å². The Hall–Kier alpha value is -0.750. The van der Waals surface area contributed by atoms with Crippen molar-refractivity contribution in [2.24, 2.45) is 0 Å². The number of nitrogen functional groups attached to an aromatic ring is 1. The lowest BCUT2D eigenvalue weighted by atomic mass is 10.4. The van der Waals surface area contributed by atoms with Gasteiger partial charge in [0.25, 0.3) is 0 Å². The second-order valence-corrected chi connectivity index (χ2v) is 6.12. The Kier molecular flexibility index (Phi) is 5.08. The van der Waals surface area contributed by atoms with E-state index in [1.165, 1.54) is 23.1 Å². The second-order valence-electron chi connectivity index (χ2n) is 3.48. The van der Waals surface area contributed by atoms with Gasteiger partial charge in [-0.15, -0.1) is 11.8 Å². The predicted octanol–water partition coefficient (Wildman–Crippen LogP) is 2.04. The van der Waals surface area contributed by atoms with E-state index >= 15 is 0 Å². The molecule has 1 amide bonds. The maximum absolute atomic E-state index is 11.6. The van der Waals surface area contributed by atoms with Crippen LogP contribution in [-0.2, 0) is 4.79 Å². The van der Waals surface area contributed by atoms with E-state index in [4.69, 9.17) is 5.73 Å². The van der Waals surface area contributed by atoms with E-state index in [2.05, 4.69) is 10.3 Å². The number of aryl methyl sites for hydroxylation is 1. The van der Waals surface area contributed by atoms with Crippen LogP contribution in [0.4, 0.5) is 5.13 Å². The third-order valence-electron chi connectivity index (χ3n) is 1.97. The van der Waals surface area contributed by atoms with Gasteiger partial charge in [0.2, 0.25) is 5.91 Å². The van der Waals surface area contributed by atoms with Gasteiger partial charge in [-0.05, 0) is 20.3 Å². The van der Waals surface area contributed by atoms with Gasteiger partial charge in [0.1, 0.15) is 0 Å². The Balaban J connectivity index is 2.53. The van der Waals surface area contributed by atoms with Crippen LogP contribution in [0.2, 0.25) is 0 Å². The zero-order valence-electron chi connectivity index (χ0n) is 9.74. The summed E-state index contributed by atoms with van der Waals surface area (Å²) in [5, 5.41) is 3.32. The molecule has 90 valence electrons. The molecule has 6 heteroatoms. The summed E-state index contributed by atoms with van der Waals surface area (Å²) in [5.41, 5.74) is 6.51. The van der Waals surface area contributed by atoms with Crippen LogP contribution in [0.15, 0.2) is 4.21 Å². The Morgan fingerprint density at radius 1 is 1.69 bits per heavy atom. The molecule has 1 aromatic rings. The highest BCUT2D eigenvalue weighted by Gasteiger charge is 2.16. The van der Waals surface area contributed by atoms with Crippen LogP contribution < -0.4 is 11.1 Å². The number of thioether (sulfide) groups is 1. The van der Waals surface area contributed by atoms with E-state index in [-0.39, 0.29) is 11.2 Å². The Labute approximate surface area is 104 Å². The molecule has 0 fully saturated rings. The van der Waals surface area contributed by atoms with Crippen molar-refractivity contribution in [2.75, 3.05) is 12.3 Å². The van der Waals surface area contributed by atoms with E-state index in [1.54, 1.807) is 0 Å². The third-order valence-corrected chi connectivity index (χ3v) is 4.37. The van der Waals surface area contributed by atoms with Crippen LogP contribution in [0.3, 0.4) is 0 Å². The number of hydrogen-bond acceptors (Lipinski definition) is 5. The molecule has 3 N–H and O–H groups in total. The molecule has 1 rings (SSSR count). The highest BCUT2D eigenvalue weighted by Crippen LogP contribution is 2.33. The Bertz CT molecular complexity index is 365. The number of amides is 1. The van der Waals surface area contributed by atoms with Crippen molar-refractivity contribution in [1.29, 1.82) is 0 Å². The van der Waals surface area contributed by atoms with E-state index in [9.17, 15) is 4.79 Å². The van der Waals surface area contributed by atoms with Gasteiger partial charge in [-0.3, -0.25) is 4.79 Å². The molecular formula is C10H17N3OS2. The fourth-order valence-electron chi connectivity index (χ4n) is 1.12. The fourth-order valence-corrected chi connectivity index (χ4v) is 3.29. The first-order valence-corrected chi connectivity index (χ1v) is 6.91. The van der Waals surface area contributed by atoms with Crippen LogP contribution in [0.5, 0.6) is 0 Å². The van der Waals surface area contributed by atoms with E-state index < -0.39 is 0 Å². The summed E-state index contributed by atoms with van der Waals surface area (Å²) in [6.45, 7) is 6.57. The summed E-state index contributed by atoms with van der Waals surface area (Å²) in [4.78, 5) is 15.8. The van der Waals surface area contributed by atoms with Crippen molar-refractivity contribution in [3.8, 4) is 0 Å². The van der Waals surface area contributed by atoms with Crippen LogP contribution in [0, 0.1) is 6.92 Å². The monoisotopic (exact) mass is 259 g/mol. The van der Waals surface area contributed by atoms with Gasteiger partial charge in [-0.25, -0.2) is 4.98 Å². The lowest BCUT2D eigenvalue weighted by Gasteiger charge is -2.10. The molecule has 0 spiro atoms. The minimum absolute atomic E-state index is 0.0678. The molecule has 0 saturated heterocycles.